The molecule has 23 heavy (non-hydrogen) atoms. The molecule has 0 bridgehead atoms. The largest absolute Gasteiger partial charge is 0.497 e. The van der Waals surface area contributed by atoms with Gasteiger partial charge in [-0.2, -0.15) is 0 Å². The minimum atomic E-state index is -0.0642. The van der Waals surface area contributed by atoms with E-state index in [2.05, 4.69) is 0 Å². The van der Waals surface area contributed by atoms with Crippen LogP contribution in [0.3, 0.4) is 0 Å². The van der Waals surface area contributed by atoms with Crippen molar-refractivity contribution in [2.75, 3.05) is 20.8 Å². The molecule has 5 heteroatoms. The molecule has 1 aliphatic carbocycles. The maximum atomic E-state index is 12.5. The molecular formula is C18H24N2O3. The van der Waals surface area contributed by atoms with Gasteiger partial charge in [0.2, 0.25) is 11.8 Å². The van der Waals surface area contributed by atoms with Gasteiger partial charge in [-0.1, -0.05) is 25.0 Å². The number of benzene rings is 1. The van der Waals surface area contributed by atoms with Gasteiger partial charge in [0.15, 0.2) is 0 Å². The number of imide groups is 1. The molecule has 0 spiro atoms. The van der Waals surface area contributed by atoms with Crippen LogP contribution in [0.15, 0.2) is 24.3 Å². The molecule has 1 aromatic rings. The zero-order valence-electron chi connectivity index (χ0n) is 13.8. The maximum absolute atomic E-state index is 12.5. The molecule has 0 aromatic heterocycles. The van der Waals surface area contributed by atoms with Crippen LogP contribution in [-0.4, -0.2) is 42.4 Å². The Morgan fingerprint density at radius 2 is 1.65 bits per heavy atom. The van der Waals surface area contributed by atoms with E-state index in [1.165, 1.54) is 4.90 Å². The Hall–Kier alpha value is -1.88. The molecular weight excluding hydrogens is 292 g/mol. The van der Waals surface area contributed by atoms with Gasteiger partial charge in [-0.05, 0) is 37.6 Å². The summed E-state index contributed by atoms with van der Waals surface area (Å²) in [6.45, 7) is 1.06. The van der Waals surface area contributed by atoms with Gasteiger partial charge in [-0.3, -0.25) is 19.4 Å². The van der Waals surface area contributed by atoms with Crippen molar-refractivity contribution in [3.63, 3.8) is 0 Å². The first kappa shape index (κ1) is 16.0. The second kappa shape index (κ2) is 6.71. The number of hydrogen-bond donors (Lipinski definition) is 0. The number of rotatable bonds is 5. The van der Waals surface area contributed by atoms with Crippen LogP contribution in [0, 0.1) is 11.8 Å². The fourth-order valence-electron chi connectivity index (χ4n) is 3.70. The molecule has 2 aliphatic rings. The average Bonchev–Trinajstić information content (AvgIpc) is 2.81. The van der Waals surface area contributed by atoms with E-state index < -0.39 is 0 Å². The Morgan fingerprint density at radius 1 is 1.09 bits per heavy atom. The van der Waals surface area contributed by atoms with Gasteiger partial charge in [-0.25, -0.2) is 0 Å². The zero-order chi connectivity index (χ0) is 16.4. The number of amides is 2. The molecule has 1 heterocycles. The van der Waals surface area contributed by atoms with Crippen molar-refractivity contribution in [3.8, 4) is 5.75 Å². The molecule has 5 nitrogen and oxygen atoms in total. The lowest BCUT2D eigenvalue weighted by molar-refractivity contribution is -0.142. The predicted octanol–water partition coefficient (Wildman–Crippen LogP) is 2.26. The topological polar surface area (TPSA) is 49.9 Å². The van der Waals surface area contributed by atoms with Crippen LogP contribution in [0.1, 0.15) is 31.2 Å². The number of hydrogen-bond acceptors (Lipinski definition) is 4. The zero-order valence-corrected chi connectivity index (χ0v) is 13.8. The first-order valence-electron chi connectivity index (χ1n) is 8.27. The standard InChI is InChI=1S/C18H24N2O3/c1-19(11-13-7-9-14(23-2)10-8-13)12-20-17(21)15-5-3-4-6-16(15)18(20)22/h7-10,15-16H,3-6,11-12H2,1-2H3/t15-,16+. The first-order valence-corrected chi connectivity index (χ1v) is 8.27. The number of likely N-dealkylation sites (tertiary alicyclic amines) is 1. The number of nitrogens with zero attached hydrogens (tertiary/aromatic N) is 2. The van der Waals surface area contributed by atoms with E-state index in [0.29, 0.717) is 13.2 Å². The molecule has 2 atom stereocenters. The molecule has 1 aromatic carbocycles. The molecule has 1 aliphatic heterocycles. The van der Waals surface area contributed by atoms with E-state index in [-0.39, 0.29) is 23.7 Å². The van der Waals surface area contributed by atoms with Crippen LogP contribution in [-0.2, 0) is 16.1 Å². The Bertz CT molecular complexity index is 560. The molecule has 3 rings (SSSR count). The highest BCUT2D eigenvalue weighted by Crippen LogP contribution is 2.37. The maximum Gasteiger partial charge on any atom is 0.234 e. The Balaban J connectivity index is 1.61. The van der Waals surface area contributed by atoms with Gasteiger partial charge in [0.1, 0.15) is 5.75 Å². The monoisotopic (exact) mass is 316 g/mol. The highest BCUT2D eigenvalue weighted by atomic mass is 16.5. The van der Waals surface area contributed by atoms with Crippen LogP contribution < -0.4 is 4.74 Å². The van der Waals surface area contributed by atoms with Crippen LogP contribution >= 0.6 is 0 Å². The summed E-state index contributed by atoms with van der Waals surface area (Å²) in [5, 5.41) is 0. The lowest BCUT2D eigenvalue weighted by atomic mass is 9.81. The number of methoxy groups -OCH3 is 1. The van der Waals surface area contributed by atoms with Crippen LogP contribution in [0.25, 0.3) is 0 Å². The normalized spacial score (nSPS) is 24.2. The van der Waals surface area contributed by atoms with E-state index in [4.69, 9.17) is 4.74 Å². The summed E-state index contributed by atoms with van der Waals surface area (Å²) in [6.07, 6.45) is 3.87. The summed E-state index contributed by atoms with van der Waals surface area (Å²) in [4.78, 5) is 28.4. The van der Waals surface area contributed by atoms with Gasteiger partial charge >= 0.3 is 0 Å². The Morgan fingerprint density at radius 3 is 2.17 bits per heavy atom. The smallest absolute Gasteiger partial charge is 0.234 e. The van der Waals surface area contributed by atoms with Crippen molar-refractivity contribution in [2.45, 2.75) is 32.2 Å². The Kier molecular flexibility index (Phi) is 4.66. The van der Waals surface area contributed by atoms with Crippen molar-refractivity contribution in [1.29, 1.82) is 0 Å². The molecule has 0 radical (unpaired) electrons. The summed E-state index contributed by atoms with van der Waals surface area (Å²) in [6, 6.07) is 7.85. The summed E-state index contributed by atoms with van der Waals surface area (Å²) >= 11 is 0. The fraction of sp³-hybridized carbons (Fsp3) is 0.556. The molecule has 2 amide bonds. The van der Waals surface area contributed by atoms with E-state index in [0.717, 1.165) is 37.0 Å². The molecule has 1 saturated heterocycles. The fourth-order valence-corrected chi connectivity index (χ4v) is 3.70. The van der Waals surface area contributed by atoms with E-state index in [9.17, 15) is 9.59 Å². The SMILES string of the molecule is COc1ccc(CN(C)CN2C(=O)[C@H]3CCCC[C@H]3C2=O)cc1. The lowest BCUT2D eigenvalue weighted by Gasteiger charge is -2.23. The minimum absolute atomic E-state index is 0.0290. The first-order chi connectivity index (χ1) is 11.1. The van der Waals surface area contributed by atoms with E-state index in [1.807, 2.05) is 36.2 Å². The van der Waals surface area contributed by atoms with Gasteiger partial charge < -0.3 is 4.74 Å². The third-order valence-electron chi connectivity index (χ3n) is 4.93. The van der Waals surface area contributed by atoms with Crippen molar-refractivity contribution >= 4 is 11.8 Å². The molecule has 0 unspecified atom stereocenters. The summed E-state index contributed by atoms with van der Waals surface area (Å²) < 4.78 is 5.15. The van der Waals surface area contributed by atoms with Gasteiger partial charge in [0.05, 0.1) is 25.6 Å². The number of fused-ring (bicyclic) bond motifs is 1. The van der Waals surface area contributed by atoms with Gasteiger partial charge in [-0.15, -0.1) is 0 Å². The van der Waals surface area contributed by atoms with E-state index in [1.54, 1.807) is 7.11 Å². The van der Waals surface area contributed by atoms with Crippen molar-refractivity contribution < 1.29 is 14.3 Å². The second-order valence-corrected chi connectivity index (χ2v) is 6.61. The lowest BCUT2D eigenvalue weighted by Crippen LogP contribution is -2.40. The van der Waals surface area contributed by atoms with E-state index >= 15 is 0 Å². The van der Waals surface area contributed by atoms with Crippen molar-refractivity contribution in [2.24, 2.45) is 11.8 Å². The summed E-state index contributed by atoms with van der Waals surface area (Å²) in [5.41, 5.74) is 1.13. The number of carbonyl (C=O) groups excluding carboxylic acids is 2. The third-order valence-corrected chi connectivity index (χ3v) is 4.93. The minimum Gasteiger partial charge on any atom is -0.497 e. The van der Waals surface area contributed by atoms with Gasteiger partial charge in [0, 0.05) is 6.54 Å². The van der Waals surface area contributed by atoms with Crippen LogP contribution in [0.2, 0.25) is 0 Å². The molecule has 0 N–H and O–H groups in total. The second-order valence-electron chi connectivity index (χ2n) is 6.61. The molecule has 2 fully saturated rings. The van der Waals surface area contributed by atoms with Crippen LogP contribution in [0.5, 0.6) is 5.75 Å². The molecule has 1 saturated carbocycles. The molecule has 124 valence electrons. The third kappa shape index (κ3) is 3.24. The number of carbonyl (C=O) groups is 2. The van der Waals surface area contributed by atoms with Crippen LogP contribution in [0.4, 0.5) is 0 Å². The summed E-state index contributed by atoms with van der Waals surface area (Å²) in [5.74, 6) is 0.754. The highest BCUT2D eigenvalue weighted by Gasteiger charge is 2.48. The predicted molar refractivity (Wildman–Crippen MR) is 86.6 cm³/mol. The Labute approximate surface area is 137 Å². The van der Waals surface area contributed by atoms with Crippen molar-refractivity contribution in [3.05, 3.63) is 29.8 Å². The highest BCUT2D eigenvalue weighted by molar-refractivity contribution is 6.05. The van der Waals surface area contributed by atoms with Gasteiger partial charge in [0.25, 0.3) is 0 Å². The quantitative estimate of drug-likeness (QED) is 0.782. The van der Waals surface area contributed by atoms with Crippen molar-refractivity contribution in [1.82, 2.24) is 9.80 Å². The average molecular weight is 316 g/mol. The number of ether oxygens (including phenoxy) is 1. The summed E-state index contributed by atoms with van der Waals surface area (Å²) in [7, 11) is 3.58.